The summed E-state index contributed by atoms with van der Waals surface area (Å²) in [6.07, 6.45) is 4.39. The molecule has 0 saturated heterocycles. The molecule has 0 aliphatic carbocycles. The van der Waals surface area contributed by atoms with E-state index in [0.717, 1.165) is 0 Å². The molecule has 3 heteroatoms. The van der Waals surface area contributed by atoms with Crippen molar-refractivity contribution in [3.63, 3.8) is 0 Å². The standard InChI is InChI=1S/C9H9.C5H10O2.Zn/c1-2-6-9-7-4-3-5-8-9;1-5(2,3)4(6)7;/h2-8H,1H2;1-3H3,(H,6,7);/q;;+1/p-1/b6-2+;;. The fourth-order valence-corrected chi connectivity index (χ4v) is 1.13. The summed E-state index contributed by atoms with van der Waals surface area (Å²) >= 11 is 1.35. The molecule has 0 bridgehead atoms. The van der Waals surface area contributed by atoms with Crippen LogP contribution in [-0.2, 0) is 23.1 Å². The van der Waals surface area contributed by atoms with Gasteiger partial charge in [0.25, 0.3) is 0 Å². The van der Waals surface area contributed by atoms with Gasteiger partial charge in [-0.15, -0.1) is 0 Å². The van der Waals surface area contributed by atoms with Gasteiger partial charge in [0, 0.05) is 11.4 Å². The first-order valence-corrected chi connectivity index (χ1v) is 7.70. The van der Waals surface area contributed by atoms with E-state index in [4.69, 9.17) is 0 Å². The zero-order valence-electron chi connectivity index (χ0n) is 10.8. The fourth-order valence-electron chi connectivity index (χ4n) is 0.784. The van der Waals surface area contributed by atoms with Crippen molar-refractivity contribution in [3.8, 4) is 0 Å². The molecule has 0 amide bonds. The first-order chi connectivity index (χ1) is 7.88. The number of allylic oxidation sites excluding steroid dienone is 1. The number of hydrogen-bond acceptors (Lipinski definition) is 2. The number of carboxylic acids is 1. The summed E-state index contributed by atoms with van der Waals surface area (Å²) < 4.78 is 0. The van der Waals surface area contributed by atoms with Gasteiger partial charge in [-0.3, -0.25) is 0 Å². The van der Waals surface area contributed by atoms with E-state index in [0.29, 0.717) is 0 Å². The predicted molar refractivity (Wildman–Crippen MR) is 64.7 cm³/mol. The summed E-state index contributed by atoms with van der Waals surface area (Å²) in [6, 6.07) is 10.4. The Labute approximate surface area is 113 Å². The second kappa shape index (κ2) is 8.19. The Morgan fingerprint density at radius 3 is 2.12 bits per heavy atom. The minimum absolute atomic E-state index is 0.694. The maximum absolute atomic E-state index is 9.91. The van der Waals surface area contributed by atoms with E-state index >= 15 is 0 Å². The quantitative estimate of drug-likeness (QED) is 0.782. The number of carbonyl (C=O) groups is 1. The van der Waals surface area contributed by atoms with Crippen LogP contribution in [-0.4, -0.2) is 5.97 Å². The van der Waals surface area contributed by atoms with Gasteiger partial charge in [0.2, 0.25) is 0 Å². The van der Waals surface area contributed by atoms with E-state index in [9.17, 15) is 9.90 Å². The van der Waals surface area contributed by atoms with E-state index in [1.807, 2.05) is 6.07 Å². The average molecular weight is 284 g/mol. The molecule has 1 aromatic rings. The van der Waals surface area contributed by atoms with Crippen LogP contribution in [0.4, 0.5) is 0 Å². The van der Waals surface area contributed by atoms with Gasteiger partial charge in [0.1, 0.15) is 0 Å². The first-order valence-electron chi connectivity index (χ1n) is 5.60. The third kappa shape index (κ3) is 8.82. The van der Waals surface area contributed by atoms with Crippen LogP contribution in [0.25, 0.3) is 6.08 Å². The van der Waals surface area contributed by atoms with Gasteiger partial charge in [0.05, 0.1) is 0 Å². The van der Waals surface area contributed by atoms with Crippen LogP contribution in [0.15, 0.2) is 36.4 Å². The molecule has 0 unspecified atom stereocenters. The van der Waals surface area contributed by atoms with Crippen molar-refractivity contribution in [1.29, 1.82) is 0 Å². The van der Waals surface area contributed by atoms with Gasteiger partial charge < -0.3 is 9.90 Å². The molecule has 1 aromatic carbocycles. The first kappa shape index (κ1) is 16.1. The van der Waals surface area contributed by atoms with Gasteiger partial charge >= 0.3 is 71.4 Å². The van der Waals surface area contributed by atoms with Crippen molar-refractivity contribution in [3.05, 3.63) is 42.0 Å². The molecular weight excluding hydrogens is 266 g/mol. The molecule has 0 radical (unpaired) electrons. The van der Waals surface area contributed by atoms with Crippen LogP contribution < -0.4 is 5.11 Å². The second-order valence-corrected chi connectivity index (χ2v) is 5.85. The molecule has 2 nitrogen and oxygen atoms in total. The molecule has 0 N–H and O–H groups in total. The molecule has 0 spiro atoms. The number of rotatable bonds is 2. The van der Waals surface area contributed by atoms with E-state index in [1.54, 1.807) is 20.8 Å². The number of hydrogen-bond donors (Lipinski definition) is 0. The Hall–Kier alpha value is -0.947. The number of benzene rings is 1. The Morgan fingerprint density at radius 2 is 1.76 bits per heavy atom. The molecule has 1 rings (SSSR count). The fraction of sp³-hybridized carbons (Fsp3) is 0.357. The summed E-state index contributed by atoms with van der Waals surface area (Å²) in [5, 5.41) is 11.1. The second-order valence-electron chi connectivity index (χ2n) is 4.64. The van der Waals surface area contributed by atoms with Gasteiger partial charge in [-0.1, -0.05) is 20.8 Å². The van der Waals surface area contributed by atoms with Crippen molar-refractivity contribution < 1.29 is 28.2 Å². The molecule has 0 heterocycles. The van der Waals surface area contributed by atoms with Crippen LogP contribution in [0.1, 0.15) is 26.3 Å². The Bertz CT molecular complexity index is 350. The summed E-state index contributed by atoms with van der Waals surface area (Å²) in [5.74, 6) is -1.01. The van der Waals surface area contributed by atoms with E-state index in [-0.39, 0.29) is 0 Å². The molecule has 88 valence electrons. The van der Waals surface area contributed by atoms with Crippen molar-refractivity contribution in [2.45, 2.75) is 25.8 Å². The van der Waals surface area contributed by atoms with Gasteiger partial charge in [-0.2, -0.15) is 0 Å². The molecule has 0 aromatic heterocycles. The summed E-state index contributed by atoms with van der Waals surface area (Å²) in [5.41, 5.74) is 0.607. The zero-order valence-corrected chi connectivity index (χ0v) is 13.7. The topological polar surface area (TPSA) is 40.1 Å². The minimum atomic E-state index is -1.01. The third-order valence-corrected chi connectivity index (χ3v) is 2.59. The molecule has 0 atom stereocenters. The zero-order chi connectivity index (χ0) is 13.3. The predicted octanol–water partition coefficient (Wildman–Crippen LogP) is 2.45. The Kier molecular flexibility index (Phi) is 7.73. The van der Waals surface area contributed by atoms with Crippen molar-refractivity contribution in [2.75, 3.05) is 0 Å². The average Bonchev–Trinajstić information content (AvgIpc) is 2.27. The summed E-state index contributed by atoms with van der Waals surface area (Å²) in [7, 11) is 0. The molecule has 0 aliphatic rings. The van der Waals surface area contributed by atoms with Crippen LogP contribution in [0.2, 0.25) is 5.02 Å². The third-order valence-electron chi connectivity index (χ3n) is 1.89. The molecule has 0 saturated carbocycles. The molecular formula is C14H18O2Zn. The number of aliphatic carboxylic acids is 1. The van der Waals surface area contributed by atoms with Gasteiger partial charge in [-0.05, 0) is 0 Å². The summed E-state index contributed by atoms with van der Waals surface area (Å²) in [6.45, 7) is 4.80. The van der Waals surface area contributed by atoms with Gasteiger partial charge in [-0.25, -0.2) is 0 Å². The molecule has 17 heavy (non-hydrogen) atoms. The van der Waals surface area contributed by atoms with E-state index < -0.39 is 11.4 Å². The monoisotopic (exact) mass is 282 g/mol. The van der Waals surface area contributed by atoms with Crippen LogP contribution in [0.5, 0.6) is 0 Å². The van der Waals surface area contributed by atoms with Crippen molar-refractivity contribution >= 4 is 12.0 Å². The normalized spacial score (nSPS) is 10.9. The Balaban J connectivity index is 0.000000325. The molecule has 0 aliphatic heterocycles. The number of carboxylic acid groups (broad SMARTS) is 1. The van der Waals surface area contributed by atoms with E-state index in [2.05, 4.69) is 36.4 Å². The van der Waals surface area contributed by atoms with Crippen molar-refractivity contribution in [2.24, 2.45) is 5.41 Å². The van der Waals surface area contributed by atoms with E-state index in [1.165, 1.54) is 28.9 Å². The van der Waals surface area contributed by atoms with Crippen LogP contribution >= 0.6 is 0 Å². The van der Waals surface area contributed by atoms with Crippen LogP contribution in [0.3, 0.4) is 0 Å². The SMILES string of the molecule is CC(C)(C)C(=O)[O-].[Zn+][CH2]/C=C/c1ccccc1. The van der Waals surface area contributed by atoms with Crippen LogP contribution in [0, 0.1) is 5.41 Å². The van der Waals surface area contributed by atoms with Gasteiger partial charge in [0.15, 0.2) is 0 Å². The number of carbonyl (C=O) groups excluding carboxylic acids is 1. The molecule has 0 fully saturated rings. The summed E-state index contributed by atoms with van der Waals surface area (Å²) in [4.78, 5) is 9.91. The van der Waals surface area contributed by atoms with Crippen molar-refractivity contribution in [1.82, 2.24) is 0 Å². The maximum atomic E-state index is 9.91. The Morgan fingerprint density at radius 1 is 1.29 bits per heavy atom.